The fourth-order valence-corrected chi connectivity index (χ4v) is 16.4. The molecule has 0 fully saturated rings. The maximum absolute atomic E-state index is 11.0. The van der Waals surface area contributed by atoms with Gasteiger partial charge in [-0.25, -0.2) is 0 Å². The van der Waals surface area contributed by atoms with Crippen LogP contribution in [0, 0.1) is 0 Å². The summed E-state index contributed by atoms with van der Waals surface area (Å²) in [7, 11) is -4.41. The van der Waals surface area contributed by atoms with E-state index in [4.69, 9.17) is 30.7 Å². The molecule has 7 heteroatoms. The summed E-state index contributed by atoms with van der Waals surface area (Å²) in [6.45, 7) is 0. The molecule has 2 aliphatic rings. The third kappa shape index (κ3) is 6.14. The van der Waals surface area contributed by atoms with Gasteiger partial charge < -0.3 is 4.74 Å². The minimum Gasteiger partial charge on any atom is -0.457 e. The first-order chi connectivity index (χ1) is 46.5. The van der Waals surface area contributed by atoms with Crippen LogP contribution in [0.5, 0.6) is 11.5 Å². The number of hydrogen-bond donors (Lipinski definition) is 0. The molecule has 1 aliphatic heterocycles. The molecule has 1 aliphatic carbocycles. The zero-order chi connectivity index (χ0) is 68.1. The van der Waals surface area contributed by atoms with Crippen LogP contribution in [0.3, 0.4) is 0 Å². The minimum atomic E-state index is -4.41. The highest BCUT2D eigenvalue weighted by molar-refractivity contribution is 7.20. The summed E-state index contributed by atoms with van der Waals surface area (Å²) in [6.07, 6.45) is 0. The Bertz CT molecular complexity index is 5490. The van der Waals surface area contributed by atoms with E-state index < -0.39 is 201 Å². The Morgan fingerprint density at radius 1 is 0.377 bits per heavy atom. The lowest BCUT2D eigenvalue weighted by Crippen LogP contribution is -2.74. The molecule has 0 bridgehead atoms. The summed E-state index contributed by atoms with van der Waals surface area (Å²) in [5.41, 5.74) is 2.36. The Hall–Kier alpha value is -9.95. The lowest BCUT2D eigenvalue weighted by Gasteiger charge is -2.41. The summed E-state index contributed by atoms with van der Waals surface area (Å²) in [5.74, 6) is -1.18. The largest absolute Gasteiger partial charge is 0.457 e. The average Bonchev–Trinajstić information content (AvgIpc) is 1.65. The van der Waals surface area contributed by atoms with Crippen LogP contribution in [0.15, 0.2) is 273 Å². The van der Waals surface area contributed by atoms with Gasteiger partial charge in [-0.2, -0.15) is 15.0 Å². The second-order valence-corrected chi connectivity index (χ2v) is 22.4. The van der Waals surface area contributed by atoms with E-state index in [0.717, 1.165) is 42.5 Å². The lowest BCUT2D eigenvalue weighted by atomic mass is 9.66. The van der Waals surface area contributed by atoms with Crippen LogP contribution < -0.4 is 25.5 Å². The van der Waals surface area contributed by atoms with E-state index in [2.05, 4.69) is 30.3 Å². The van der Waals surface area contributed by atoms with Crippen LogP contribution in [0.25, 0.3) is 78.0 Å². The highest BCUT2D eigenvalue weighted by Gasteiger charge is 2.52. The monoisotopic (exact) mass is 1020 g/mol. The molecule has 0 N–H and O–H groups in total. The summed E-state index contributed by atoms with van der Waals surface area (Å²) in [4.78, 5) is 14.7. The van der Waals surface area contributed by atoms with Crippen LogP contribution in [-0.2, 0) is 5.41 Å². The molecule has 0 radical (unpaired) electrons. The van der Waals surface area contributed by atoms with E-state index in [1.165, 1.54) is 0 Å². The predicted molar refractivity (Wildman–Crippen MR) is 315 cm³/mol. The quantitative estimate of drug-likeness (QED) is 0.118. The SMILES string of the molecule is [2H]c1c([2H])c(-c2nc(-n3c4c([2H])c([2H])c([2H])c([2H])c4c4c([2H])c([2H])c([2H])c([2H])c43)nc(-n3c4c([2H])c([2H])c([2H])c([2H])c4c4c([2H])c([2H])c([2H])c([2H])c43)n2)c([2H])c([Si](c2ccccc2)(c2ccccc2)c2ccc3c(c2)Oc2ccccc2C32c3ccccc3-c3ccccc32)c1[2H]. The first-order valence-electron chi connectivity index (χ1n) is 34.6. The molecule has 3 aromatic heterocycles. The standard InChI is InChI=1S/C70H45N5OSi/c1-3-23-47(24-4-1)77(48-25-5-2-6-26-48,50-42-43-60-66(45-50)76-65-41-20-15-36-59(65)70(60)57-34-13-7-28-51(57)52-29-8-14-35-58(52)70)49-27-21-22-46(44-49)67-71-68(74-61-37-16-9-30-53(61)54-31-10-17-38-62(54)74)73-69(72-67)75-63-39-18-11-32-55(63)56-33-12-19-40-64(56)75/h1-45H/i9D,10D,11D,12D,16D,17D,18D,19D,21D,22D,27D,30D,31D,32D,33D,37D,38D,39D,40D,44D. The fraction of sp³-hybridized carbons (Fsp3) is 0.0143. The molecule has 11 aromatic carbocycles. The molecule has 0 unspecified atom stereocenters. The van der Waals surface area contributed by atoms with Crippen molar-refractivity contribution in [1.82, 2.24) is 24.1 Å². The molecule has 0 saturated carbocycles. The maximum atomic E-state index is 11.0. The topological polar surface area (TPSA) is 57.8 Å². The van der Waals surface area contributed by atoms with Gasteiger partial charge in [0.25, 0.3) is 0 Å². The van der Waals surface area contributed by atoms with Crippen LogP contribution in [0.4, 0.5) is 0 Å². The molecular formula is C70H45N5OSi. The van der Waals surface area contributed by atoms with Crippen LogP contribution in [-0.4, -0.2) is 32.2 Å². The number of nitrogens with zero attached hydrogens (tertiary/aromatic N) is 5. The van der Waals surface area contributed by atoms with Gasteiger partial charge in [0.05, 0.1) is 54.9 Å². The van der Waals surface area contributed by atoms with Crippen molar-refractivity contribution in [2.75, 3.05) is 0 Å². The number of benzene rings is 11. The van der Waals surface area contributed by atoms with Crippen molar-refractivity contribution < 1.29 is 32.2 Å². The molecule has 1 spiro atoms. The summed E-state index contributed by atoms with van der Waals surface area (Å²) in [6, 6.07) is 33.6. The average molecular weight is 1020 g/mol. The Labute approximate surface area is 473 Å². The fourth-order valence-electron chi connectivity index (χ4n) is 12.0. The van der Waals surface area contributed by atoms with Gasteiger partial charge in [0, 0.05) is 38.2 Å². The van der Waals surface area contributed by atoms with Gasteiger partial charge >= 0.3 is 0 Å². The molecule has 0 saturated heterocycles. The Morgan fingerprint density at radius 2 is 0.831 bits per heavy atom. The second kappa shape index (κ2) is 16.8. The van der Waals surface area contributed by atoms with Crippen LogP contribution in [0.2, 0.25) is 0 Å². The van der Waals surface area contributed by atoms with Gasteiger partial charge in [0.15, 0.2) is 13.9 Å². The number of rotatable bonds is 7. The van der Waals surface area contributed by atoms with Crippen molar-refractivity contribution in [1.29, 1.82) is 0 Å². The van der Waals surface area contributed by atoms with Gasteiger partial charge in [-0.05, 0) is 79.3 Å². The first-order valence-corrected chi connectivity index (χ1v) is 26.6. The molecular weight excluding hydrogens is 955 g/mol. The van der Waals surface area contributed by atoms with E-state index in [-0.39, 0.29) is 5.19 Å². The van der Waals surface area contributed by atoms with Crippen molar-refractivity contribution in [3.8, 4) is 45.9 Å². The summed E-state index contributed by atoms with van der Waals surface area (Å²) < 4.78 is 197. The maximum Gasteiger partial charge on any atom is 0.240 e. The Kier molecular flexibility index (Phi) is 6.12. The van der Waals surface area contributed by atoms with E-state index in [1.807, 2.05) is 121 Å². The normalized spacial score (nSPS) is 16.8. The molecule has 360 valence electrons. The second-order valence-electron chi connectivity index (χ2n) is 18.7. The summed E-state index contributed by atoms with van der Waals surface area (Å²) >= 11 is 0. The zero-order valence-electron chi connectivity index (χ0n) is 60.1. The number of ether oxygens (including phenoxy) is 1. The third-order valence-electron chi connectivity index (χ3n) is 15.0. The number of para-hydroxylation sites is 5. The van der Waals surface area contributed by atoms with Crippen molar-refractivity contribution in [2.24, 2.45) is 0 Å². The highest BCUT2D eigenvalue weighted by Crippen LogP contribution is 2.61. The minimum absolute atomic E-state index is 0.0629. The van der Waals surface area contributed by atoms with Gasteiger partial charge in [0.2, 0.25) is 11.9 Å². The molecule has 0 amide bonds. The molecule has 6 nitrogen and oxygen atoms in total. The van der Waals surface area contributed by atoms with Crippen molar-refractivity contribution >= 4 is 72.4 Å². The van der Waals surface area contributed by atoms with E-state index in [1.54, 1.807) is 0 Å². The Morgan fingerprint density at radius 3 is 1.36 bits per heavy atom. The van der Waals surface area contributed by atoms with Gasteiger partial charge in [-0.3, -0.25) is 9.13 Å². The van der Waals surface area contributed by atoms with Crippen LogP contribution >= 0.6 is 0 Å². The molecule has 77 heavy (non-hydrogen) atoms. The Balaban J connectivity index is 1.07. The lowest BCUT2D eigenvalue weighted by molar-refractivity contribution is 0.437. The van der Waals surface area contributed by atoms with Crippen molar-refractivity contribution in [3.63, 3.8) is 0 Å². The summed E-state index contributed by atoms with van der Waals surface area (Å²) in [5, 5.41) is 0.0906. The van der Waals surface area contributed by atoms with Gasteiger partial charge in [0.1, 0.15) is 11.5 Å². The van der Waals surface area contributed by atoms with Crippen molar-refractivity contribution in [3.05, 3.63) is 295 Å². The third-order valence-corrected chi connectivity index (χ3v) is 19.6. The van der Waals surface area contributed by atoms with E-state index >= 15 is 0 Å². The van der Waals surface area contributed by atoms with Gasteiger partial charge in [-0.15, -0.1) is 0 Å². The number of hydrogen-bond acceptors (Lipinski definition) is 4. The smallest absolute Gasteiger partial charge is 0.240 e. The molecule has 0 atom stereocenters. The number of fused-ring (bicyclic) bond motifs is 15. The molecule has 16 rings (SSSR count). The van der Waals surface area contributed by atoms with Crippen molar-refractivity contribution in [2.45, 2.75) is 5.41 Å². The molecule has 14 aromatic rings. The first kappa shape index (κ1) is 28.1. The van der Waals surface area contributed by atoms with Gasteiger partial charge in [-0.1, -0.05) is 236 Å². The van der Waals surface area contributed by atoms with Crippen LogP contribution in [0.1, 0.15) is 49.7 Å². The number of aromatic nitrogens is 5. The predicted octanol–water partition coefficient (Wildman–Crippen LogP) is 13.6. The van der Waals surface area contributed by atoms with E-state index in [9.17, 15) is 16.4 Å². The molecule has 4 heterocycles. The zero-order valence-corrected chi connectivity index (χ0v) is 41.1. The highest BCUT2D eigenvalue weighted by atomic mass is 28.3. The van der Waals surface area contributed by atoms with E-state index in [0.29, 0.717) is 27.1 Å².